The molecule has 0 radical (unpaired) electrons. The van der Waals surface area contributed by atoms with Gasteiger partial charge in [0.2, 0.25) is 0 Å². The Bertz CT molecular complexity index is 143. The van der Waals surface area contributed by atoms with Crippen LogP contribution in [0.1, 0.15) is 33.1 Å². The van der Waals surface area contributed by atoms with Crippen LogP contribution in [0.5, 0.6) is 0 Å². The quantitative estimate of drug-likeness (QED) is 0.375. The third-order valence-corrected chi connectivity index (χ3v) is 1.33. The summed E-state index contributed by atoms with van der Waals surface area (Å²) in [6, 6.07) is 0. The van der Waals surface area contributed by atoms with E-state index in [1.165, 1.54) is 0 Å². The van der Waals surface area contributed by atoms with E-state index in [0.29, 0.717) is 13.0 Å². The zero-order valence-corrected chi connectivity index (χ0v) is 7.14. The van der Waals surface area contributed by atoms with Crippen LogP contribution in [0.25, 0.3) is 0 Å². The molecule has 0 aromatic rings. The van der Waals surface area contributed by atoms with Gasteiger partial charge in [-0.3, -0.25) is 5.41 Å². The molecule has 0 saturated heterocycles. The van der Waals surface area contributed by atoms with Crippen molar-refractivity contribution in [1.82, 2.24) is 0 Å². The van der Waals surface area contributed by atoms with E-state index < -0.39 is 5.97 Å². The summed E-state index contributed by atoms with van der Waals surface area (Å²) in [5.41, 5.74) is 0.0566. The van der Waals surface area contributed by atoms with Crippen molar-refractivity contribution in [2.24, 2.45) is 0 Å². The summed E-state index contributed by atoms with van der Waals surface area (Å²) in [5, 5.41) is 7.10. The third-order valence-electron chi connectivity index (χ3n) is 1.33. The van der Waals surface area contributed by atoms with Crippen LogP contribution in [0.2, 0.25) is 0 Å². The maximum Gasteiger partial charge on any atom is 0.351 e. The Morgan fingerprint density at radius 3 is 2.55 bits per heavy atom. The molecule has 0 aromatic heterocycles. The standard InChI is InChI=1S/C8H15NO2/c1-3-5-6-11-8(10)7(9)4-2/h9H,3-6H2,1-2H3. The van der Waals surface area contributed by atoms with Crippen molar-refractivity contribution in [3.63, 3.8) is 0 Å². The van der Waals surface area contributed by atoms with Crippen LogP contribution < -0.4 is 0 Å². The fourth-order valence-corrected chi connectivity index (χ4v) is 0.541. The first-order chi connectivity index (χ1) is 5.22. The number of carbonyl (C=O) groups is 1. The summed E-state index contributed by atoms with van der Waals surface area (Å²) in [7, 11) is 0. The molecule has 0 amide bonds. The molecule has 3 nitrogen and oxygen atoms in total. The normalized spacial score (nSPS) is 9.27. The molecule has 0 spiro atoms. The van der Waals surface area contributed by atoms with Gasteiger partial charge in [0.15, 0.2) is 0 Å². The molecule has 0 aromatic carbocycles. The predicted molar refractivity (Wildman–Crippen MR) is 43.9 cm³/mol. The highest BCUT2D eigenvalue weighted by molar-refractivity contribution is 6.34. The maximum atomic E-state index is 10.8. The molecule has 0 unspecified atom stereocenters. The monoisotopic (exact) mass is 157 g/mol. The number of carbonyl (C=O) groups excluding carboxylic acids is 1. The summed E-state index contributed by atoms with van der Waals surface area (Å²) in [4.78, 5) is 10.8. The van der Waals surface area contributed by atoms with Crippen LogP contribution in [0.3, 0.4) is 0 Å². The van der Waals surface area contributed by atoms with Crippen LogP contribution in [0, 0.1) is 5.41 Å². The average molecular weight is 157 g/mol. The number of nitrogens with one attached hydrogen (secondary N) is 1. The summed E-state index contributed by atoms with van der Waals surface area (Å²) in [6.45, 7) is 4.24. The van der Waals surface area contributed by atoms with Crippen molar-refractivity contribution < 1.29 is 9.53 Å². The molecule has 3 heteroatoms. The highest BCUT2D eigenvalue weighted by atomic mass is 16.5. The lowest BCUT2D eigenvalue weighted by atomic mass is 10.3. The van der Waals surface area contributed by atoms with Crippen LogP contribution in [0.4, 0.5) is 0 Å². The summed E-state index contributed by atoms with van der Waals surface area (Å²) in [5.74, 6) is -0.471. The molecule has 64 valence electrons. The van der Waals surface area contributed by atoms with Gasteiger partial charge in [-0.1, -0.05) is 20.3 Å². The SMILES string of the molecule is CCCCOC(=O)C(=N)CC. The van der Waals surface area contributed by atoms with Crippen LogP contribution >= 0.6 is 0 Å². The summed E-state index contributed by atoms with van der Waals surface area (Å²) in [6.07, 6.45) is 2.33. The van der Waals surface area contributed by atoms with Gasteiger partial charge in [-0.15, -0.1) is 0 Å². The number of ether oxygens (including phenoxy) is 1. The van der Waals surface area contributed by atoms with Crippen molar-refractivity contribution in [3.05, 3.63) is 0 Å². The van der Waals surface area contributed by atoms with Gasteiger partial charge in [0.05, 0.1) is 6.61 Å². The Hall–Kier alpha value is -0.860. The van der Waals surface area contributed by atoms with Gasteiger partial charge in [-0.25, -0.2) is 4.79 Å². The van der Waals surface area contributed by atoms with Crippen molar-refractivity contribution in [3.8, 4) is 0 Å². The second-order valence-corrected chi connectivity index (χ2v) is 2.32. The van der Waals surface area contributed by atoms with Crippen LogP contribution in [-0.4, -0.2) is 18.3 Å². The molecule has 1 N–H and O–H groups in total. The van der Waals surface area contributed by atoms with Gasteiger partial charge >= 0.3 is 5.97 Å². The van der Waals surface area contributed by atoms with Gasteiger partial charge < -0.3 is 4.74 Å². The Morgan fingerprint density at radius 1 is 1.45 bits per heavy atom. The van der Waals surface area contributed by atoms with Crippen molar-refractivity contribution >= 4 is 11.7 Å². The van der Waals surface area contributed by atoms with E-state index in [1.807, 2.05) is 6.92 Å². The molecule has 0 bridgehead atoms. The molecule has 0 saturated carbocycles. The van der Waals surface area contributed by atoms with E-state index in [2.05, 4.69) is 0 Å². The highest BCUT2D eigenvalue weighted by Crippen LogP contribution is 1.91. The Kier molecular flexibility index (Phi) is 5.43. The molecular formula is C8H15NO2. The molecule has 11 heavy (non-hydrogen) atoms. The minimum Gasteiger partial charge on any atom is -0.461 e. The van der Waals surface area contributed by atoms with Gasteiger partial charge in [0.25, 0.3) is 0 Å². The third kappa shape index (κ3) is 4.53. The largest absolute Gasteiger partial charge is 0.461 e. The number of hydrogen-bond acceptors (Lipinski definition) is 3. The second-order valence-electron chi connectivity index (χ2n) is 2.32. The minimum absolute atomic E-state index is 0.0566. The van der Waals surface area contributed by atoms with Gasteiger partial charge in [0.1, 0.15) is 5.71 Å². The zero-order valence-electron chi connectivity index (χ0n) is 7.14. The molecule has 0 aliphatic heterocycles. The molecule has 0 aliphatic rings. The summed E-state index contributed by atoms with van der Waals surface area (Å²) < 4.78 is 4.77. The van der Waals surface area contributed by atoms with E-state index in [0.717, 1.165) is 12.8 Å². The van der Waals surface area contributed by atoms with Gasteiger partial charge in [0, 0.05) is 0 Å². The molecular weight excluding hydrogens is 142 g/mol. The zero-order chi connectivity index (χ0) is 8.69. The van der Waals surface area contributed by atoms with E-state index in [4.69, 9.17) is 10.1 Å². The fourth-order valence-electron chi connectivity index (χ4n) is 0.541. The first-order valence-electron chi connectivity index (χ1n) is 3.96. The molecule has 0 atom stereocenters. The highest BCUT2D eigenvalue weighted by Gasteiger charge is 2.06. The smallest absolute Gasteiger partial charge is 0.351 e. The Balaban J connectivity index is 3.44. The summed E-state index contributed by atoms with van der Waals surface area (Å²) >= 11 is 0. The van der Waals surface area contributed by atoms with E-state index in [-0.39, 0.29) is 5.71 Å². The fraction of sp³-hybridized carbons (Fsp3) is 0.750. The Labute approximate surface area is 67.3 Å². The molecule has 0 aliphatic carbocycles. The van der Waals surface area contributed by atoms with Crippen molar-refractivity contribution in [2.75, 3.05) is 6.61 Å². The van der Waals surface area contributed by atoms with Gasteiger partial charge in [-0.2, -0.15) is 0 Å². The Morgan fingerprint density at radius 2 is 2.09 bits per heavy atom. The van der Waals surface area contributed by atoms with Crippen molar-refractivity contribution in [1.29, 1.82) is 5.41 Å². The molecule has 0 heterocycles. The van der Waals surface area contributed by atoms with Gasteiger partial charge in [-0.05, 0) is 12.8 Å². The van der Waals surface area contributed by atoms with E-state index in [9.17, 15) is 4.79 Å². The lowest BCUT2D eigenvalue weighted by Crippen LogP contribution is -2.15. The maximum absolute atomic E-state index is 10.8. The van der Waals surface area contributed by atoms with E-state index >= 15 is 0 Å². The van der Waals surface area contributed by atoms with Crippen LogP contribution in [-0.2, 0) is 9.53 Å². The first-order valence-corrected chi connectivity index (χ1v) is 3.96. The number of unbranched alkanes of at least 4 members (excludes halogenated alkanes) is 1. The lowest BCUT2D eigenvalue weighted by Gasteiger charge is -2.02. The van der Waals surface area contributed by atoms with Crippen LogP contribution in [0.15, 0.2) is 0 Å². The van der Waals surface area contributed by atoms with Crippen molar-refractivity contribution in [2.45, 2.75) is 33.1 Å². The average Bonchev–Trinajstić information content (AvgIpc) is 2.03. The lowest BCUT2D eigenvalue weighted by molar-refractivity contribution is -0.135. The number of rotatable bonds is 5. The number of esters is 1. The predicted octanol–water partition coefficient (Wildman–Crippen LogP) is 1.76. The topological polar surface area (TPSA) is 50.2 Å². The number of hydrogen-bond donors (Lipinski definition) is 1. The second kappa shape index (κ2) is 5.89. The first kappa shape index (κ1) is 10.1. The minimum atomic E-state index is -0.471. The van der Waals surface area contributed by atoms with E-state index in [1.54, 1.807) is 6.92 Å². The molecule has 0 rings (SSSR count). The molecule has 0 fully saturated rings.